The second-order valence-electron chi connectivity index (χ2n) is 16.7. The van der Waals surface area contributed by atoms with Crippen LogP contribution in [0.15, 0.2) is 78.0 Å². The zero-order valence-corrected chi connectivity index (χ0v) is 39.9. The molecule has 67 heavy (non-hydrogen) atoms. The van der Waals surface area contributed by atoms with Crippen LogP contribution < -0.4 is 15.4 Å². The first-order valence-electron chi connectivity index (χ1n) is 22.5. The summed E-state index contributed by atoms with van der Waals surface area (Å²) in [6.07, 6.45) is 11.1. The average Bonchev–Trinajstić information content (AvgIpc) is 4.09. The summed E-state index contributed by atoms with van der Waals surface area (Å²) in [5.41, 5.74) is 6.97. The smallest absolute Gasteiger partial charge is 0.337 e. The molecule has 0 bridgehead atoms. The topological polar surface area (TPSA) is 194 Å². The van der Waals surface area contributed by atoms with E-state index < -0.39 is 12.0 Å². The highest BCUT2D eigenvalue weighted by molar-refractivity contribution is 7.15. The summed E-state index contributed by atoms with van der Waals surface area (Å²) in [5, 5.41) is 35.6. The predicted octanol–water partition coefficient (Wildman–Crippen LogP) is 9.91. The molecule has 2 amide bonds. The molecule has 348 valence electrons. The molecule has 0 saturated heterocycles. The van der Waals surface area contributed by atoms with Gasteiger partial charge in [-0.05, 0) is 81.1 Å². The Bertz CT molecular complexity index is 2920. The van der Waals surface area contributed by atoms with E-state index in [0.717, 1.165) is 95.8 Å². The standard InChI is InChI=1S/C49H52Cl2N10O5S/c1-29-30(2)67-48-45(29)46(33-12-16-34(50)17-13-33)55-42(47-58-56-31(3)61(47)48)25-44(63)54-26-35-28-60(59-57-35)21-10-8-6-4-5-7-9-11-43(62)52-20-22-66-36-18-14-32(15-19-36)37-23-38-39(49(64)65)27-53-41(38)24-40(37)51/h12-19,23-24,27-28,42,53H,4-11,20-22,25-26H2,1-3H3,(H,52,62)(H,54,63)(H,64,65)/t42-/m0/s1. The van der Waals surface area contributed by atoms with E-state index in [2.05, 4.69) is 50.0 Å². The molecular formula is C49H52Cl2N10O5S. The Hall–Kier alpha value is -6.36. The van der Waals surface area contributed by atoms with Gasteiger partial charge in [0, 0.05) is 56.7 Å². The molecule has 4 aromatic heterocycles. The number of unbranched alkanes of at least 4 members (excludes halogenated alkanes) is 6. The van der Waals surface area contributed by atoms with Gasteiger partial charge in [0.2, 0.25) is 11.8 Å². The summed E-state index contributed by atoms with van der Waals surface area (Å²) in [5.74, 6) is 0.860. The fraction of sp³-hybridized carbons (Fsp3) is 0.347. The van der Waals surface area contributed by atoms with Crippen molar-refractivity contribution in [2.45, 2.75) is 97.7 Å². The van der Waals surface area contributed by atoms with Crippen LogP contribution in [-0.2, 0) is 22.7 Å². The number of ether oxygens (including phenoxy) is 1. The summed E-state index contributed by atoms with van der Waals surface area (Å²) in [7, 11) is 0. The van der Waals surface area contributed by atoms with Crippen molar-refractivity contribution in [2.24, 2.45) is 4.99 Å². The van der Waals surface area contributed by atoms with E-state index in [9.17, 15) is 19.5 Å². The van der Waals surface area contributed by atoms with Gasteiger partial charge in [0.05, 0.1) is 42.0 Å². The third-order valence-corrected chi connectivity index (χ3v) is 13.7. The highest BCUT2D eigenvalue weighted by Crippen LogP contribution is 2.40. The summed E-state index contributed by atoms with van der Waals surface area (Å²) in [6, 6.07) is 18.0. The second kappa shape index (κ2) is 21.5. The number of nitrogens with zero attached hydrogens (tertiary/aromatic N) is 7. The van der Waals surface area contributed by atoms with E-state index >= 15 is 0 Å². The van der Waals surface area contributed by atoms with Gasteiger partial charge in [-0.3, -0.25) is 23.8 Å². The van der Waals surface area contributed by atoms with Crippen LogP contribution in [0.2, 0.25) is 10.0 Å². The number of nitrogens with one attached hydrogen (secondary N) is 3. The van der Waals surface area contributed by atoms with E-state index in [0.29, 0.717) is 57.8 Å². The first-order chi connectivity index (χ1) is 32.4. The number of rotatable bonds is 21. The maximum atomic E-state index is 13.4. The maximum absolute atomic E-state index is 13.4. The van der Waals surface area contributed by atoms with Crippen molar-refractivity contribution < 1.29 is 24.2 Å². The molecule has 18 heteroatoms. The SMILES string of the molecule is Cc1sc2c(c1C)C(c1ccc(Cl)cc1)=N[C@@H](CC(=O)NCc1cn(CCCCCCCCCC(=O)NCCOc3ccc(-c4cc5c(C(=O)O)c[nH]c5cc4Cl)cc3)nn1)c1nnc(C)n1-2. The molecular weight excluding hydrogens is 912 g/mol. The number of H-pyrrole nitrogens is 1. The normalized spacial score (nSPS) is 13.2. The molecule has 0 unspecified atom stereocenters. The number of aromatic carboxylic acids is 1. The van der Waals surface area contributed by atoms with E-state index in [1.165, 1.54) is 11.1 Å². The molecule has 0 radical (unpaired) electrons. The van der Waals surface area contributed by atoms with Crippen molar-refractivity contribution in [3.63, 3.8) is 0 Å². The number of carboxylic acids is 1. The lowest BCUT2D eigenvalue weighted by Crippen LogP contribution is -2.27. The fourth-order valence-corrected chi connectivity index (χ4v) is 9.87. The highest BCUT2D eigenvalue weighted by Gasteiger charge is 2.32. The minimum Gasteiger partial charge on any atom is -0.492 e. The van der Waals surface area contributed by atoms with Gasteiger partial charge >= 0.3 is 5.97 Å². The van der Waals surface area contributed by atoms with Crippen LogP contribution in [0.25, 0.3) is 27.0 Å². The van der Waals surface area contributed by atoms with Gasteiger partial charge in [-0.2, -0.15) is 0 Å². The Balaban J connectivity index is 0.692. The molecule has 5 heterocycles. The van der Waals surface area contributed by atoms with Crippen LogP contribution in [-0.4, -0.2) is 76.5 Å². The minimum atomic E-state index is -1.01. The van der Waals surface area contributed by atoms with Gasteiger partial charge in [0.25, 0.3) is 0 Å². The molecule has 0 spiro atoms. The number of thiophene rings is 1. The number of fused-ring (bicyclic) bond motifs is 4. The van der Waals surface area contributed by atoms with Crippen LogP contribution in [0.1, 0.15) is 113 Å². The minimum absolute atomic E-state index is 0.0157. The molecule has 1 aliphatic heterocycles. The summed E-state index contributed by atoms with van der Waals surface area (Å²) >= 11 is 14.4. The van der Waals surface area contributed by atoms with Crippen LogP contribution in [0, 0.1) is 20.8 Å². The quantitative estimate of drug-likeness (QED) is 0.0507. The third kappa shape index (κ3) is 11.3. The number of aryl methyl sites for hydroxylation is 3. The van der Waals surface area contributed by atoms with Gasteiger partial charge in [0.1, 0.15) is 34.9 Å². The first-order valence-corrected chi connectivity index (χ1v) is 24.1. The number of hydrogen-bond donors (Lipinski definition) is 4. The fourth-order valence-electron chi connectivity index (χ4n) is 8.26. The second-order valence-corrected chi connectivity index (χ2v) is 18.7. The van der Waals surface area contributed by atoms with Gasteiger partial charge < -0.3 is 25.5 Å². The summed E-state index contributed by atoms with van der Waals surface area (Å²) in [6.45, 7) is 7.86. The Kier molecular flexibility index (Phi) is 15.1. The highest BCUT2D eigenvalue weighted by atomic mass is 35.5. The van der Waals surface area contributed by atoms with Crippen LogP contribution in [0.5, 0.6) is 5.75 Å². The van der Waals surface area contributed by atoms with Crippen molar-refractivity contribution in [1.29, 1.82) is 0 Å². The van der Waals surface area contributed by atoms with Crippen molar-refractivity contribution >= 4 is 68.9 Å². The van der Waals surface area contributed by atoms with Gasteiger partial charge in [-0.1, -0.05) is 84.8 Å². The lowest BCUT2D eigenvalue weighted by molar-refractivity contribution is -0.122. The van der Waals surface area contributed by atoms with Gasteiger partial charge in [-0.15, -0.1) is 26.6 Å². The maximum Gasteiger partial charge on any atom is 0.337 e. The van der Waals surface area contributed by atoms with Gasteiger partial charge in [-0.25, -0.2) is 4.79 Å². The Morgan fingerprint density at radius 3 is 2.36 bits per heavy atom. The molecule has 1 atom stereocenters. The van der Waals surface area contributed by atoms with Gasteiger partial charge in [0.15, 0.2) is 5.82 Å². The van der Waals surface area contributed by atoms with Crippen molar-refractivity contribution in [3.8, 4) is 21.9 Å². The van der Waals surface area contributed by atoms with Crippen LogP contribution >= 0.6 is 34.5 Å². The number of carboxylic acid groups (broad SMARTS) is 1. The molecule has 0 fully saturated rings. The molecule has 8 rings (SSSR count). The molecule has 7 aromatic rings. The van der Waals surface area contributed by atoms with E-state index in [1.54, 1.807) is 23.5 Å². The number of carbonyl (C=O) groups excluding carboxylic acids is 2. The number of carbonyl (C=O) groups is 3. The van der Waals surface area contributed by atoms with Crippen molar-refractivity contribution in [3.05, 3.63) is 128 Å². The number of aliphatic imine (C=N–C) groups is 1. The van der Waals surface area contributed by atoms with Crippen LogP contribution in [0.3, 0.4) is 0 Å². The number of halogens is 2. The van der Waals surface area contributed by atoms with E-state index in [-0.39, 0.29) is 30.3 Å². The monoisotopic (exact) mass is 962 g/mol. The number of hydrogen-bond acceptors (Lipinski definition) is 10. The number of aromatic nitrogens is 7. The first kappa shape index (κ1) is 47.1. The molecule has 15 nitrogen and oxygen atoms in total. The Labute approximate surface area is 402 Å². The Morgan fingerprint density at radius 1 is 0.866 bits per heavy atom. The number of benzene rings is 3. The molecule has 3 aromatic carbocycles. The van der Waals surface area contributed by atoms with E-state index in [1.807, 2.05) is 70.9 Å². The summed E-state index contributed by atoms with van der Waals surface area (Å²) < 4.78 is 9.69. The zero-order chi connectivity index (χ0) is 47.0. The van der Waals surface area contributed by atoms with Crippen molar-refractivity contribution in [1.82, 2.24) is 45.4 Å². The Morgan fingerprint density at radius 2 is 1.60 bits per heavy atom. The molecule has 4 N–H and O–H groups in total. The average molecular weight is 964 g/mol. The lowest BCUT2D eigenvalue weighted by Gasteiger charge is -2.13. The number of aromatic amines is 1. The van der Waals surface area contributed by atoms with E-state index in [4.69, 9.17) is 32.9 Å². The zero-order valence-electron chi connectivity index (χ0n) is 37.6. The number of amides is 2. The predicted molar refractivity (Wildman–Crippen MR) is 261 cm³/mol. The molecule has 1 aliphatic rings. The summed E-state index contributed by atoms with van der Waals surface area (Å²) in [4.78, 5) is 46.7. The third-order valence-electron chi connectivity index (χ3n) is 11.9. The van der Waals surface area contributed by atoms with Crippen LogP contribution in [0.4, 0.5) is 0 Å². The largest absolute Gasteiger partial charge is 0.492 e. The lowest BCUT2D eigenvalue weighted by atomic mass is 9.99. The van der Waals surface area contributed by atoms with Crippen molar-refractivity contribution in [2.75, 3.05) is 13.2 Å². The molecule has 0 saturated carbocycles. The molecule has 0 aliphatic carbocycles.